The summed E-state index contributed by atoms with van der Waals surface area (Å²) >= 11 is 0. The minimum Gasteiger partial charge on any atom is -0.396 e. The molecular formula is C17H16N2O. The van der Waals surface area contributed by atoms with Crippen LogP contribution in [0.2, 0.25) is 0 Å². The fourth-order valence-corrected chi connectivity index (χ4v) is 2.21. The van der Waals surface area contributed by atoms with E-state index in [9.17, 15) is 0 Å². The highest BCUT2D eigenvalue weighted by molar-refractivity contribution is 5.68. The van der Waals surface area contributed by atoms with Gasteiger partial charge in [-0.15, -0.1) is 0 Å². The molecule has 0 bridgehead atoms. The van der Waals surface area contributed by atoms with Gasteiger partial charge in [-0.05, 0) is 16.7 Å². The predicted molar refractivity (Wildman–Crippen MR) is 80.2 cm³/mol. The van der Waals surface area contributed by atoms with E-state index in [0.29, 0.717) is 6.42 Å². The monoisotopic (exact) mass is 264 g/mol. The van der Waals surface area contributed by atoms with Crippen LogP contribution in [0.15, 0.2) is 60.8 Å². The maximum atomic E-state index is 8.90. The summed E-state index contributed by atoms with van der Waals surface area (Å²) in [6.45, 7) is 0.111. The summed E-state index contributed by atoms with van der Waals surface area (Å²) in [7, 11) is 0. The van der Waals surface area contributed by atoms with Gasteiger partial charge in [-0.1, -0.05) is 54.6 Å². The highest BCUT2D eigenvalue weighted by Crippen LogP contribution is 2.23. The van der Waals surface area contributed by atoms with Crippen LogP contribution < -0.4 is 0 Å². The quantitative estimate of drug-likeness (QED) is 0.759. The van der Waals surface area contributed by atoms with Crippen LogP contribution in [0.4, 0.5) is 0 Å². The minimum atomic E-state index is 0.111. The van der Waals surface area contributed by atoms with Crippen molar-refractivity contribution >= 4 is 0 Å². The number of nitrogens with one attached hydrogen (secondary N) is 1. The predicted octanol–water partition coefficient (Wildman–Crippen LogP) is 3.28. The van der Waals surface area contributed by atoms with Gasteiger partial charge in [-0.2, -0.15) is 0 Å². The number of rotatable bonds is 4. The summed E-state index contributed by atoms with van der Waals surface area (Å²) < 4.78 is 0. The van der Waals surface area contributed by atoms with Crippen LogP contribution in [0, 0.1) is 0 Å². The summed E-state index contributed by atoms with van der Waals surface area (Å²) in [5.41, 5.74) is 4.49. The summed E-state index contributed by atoms with van der Waals surface area (Å²) in [5.74, 6) is 0.814. The van der Waals surface area contributed by atoms with Gasteiger partial charge in [0.1, 0.15) is 5.82 Å². The molecule has 20 heavy (non-hydrogen) atoms. The highest BCUT2D eigenvalue weighted by Gasteiger charge is 2.03. The highest BCUT2D eigenvalue weighted by atomic mass is 16.3. The average molecular weight is 264 g/mol. The molecule has 0 aliphatic heterocycles. The van der Waals surface area contributed by atoms with Crippen LogP contribution in [-0.2, 0) is 6.42 Å². The Bertz CT molecular complexity index is 672. The number of aliphatic hydroxyl groups excluding tert-OH is 1. The lowest BCUT2D eigenvalue weighted by atomic mass is 10.0. The Morgan fingerprint density at radius 1 is 0.850 bits per heavy atom. The number of benzene rings is 2. The molecule has 2 N–H and O–H groups in total. The Balaban J connectivity index is 1.85. The molecule has 0 amide bonds. The maximum absolute atomic E-state index is 8.90. The standard InChI is InChI=1S/C17H16N2O/c20-11-10-17-18-12-16(19-17)15-8-6-14(7-9-15)13-4-2-1-3-5-13/h1-9,12,20H,10-11H2,(H,18,19). The number of nitrogens with zero attached hydrogens (tertiary/aromatic N) is 1. The molecule has 0 unspecified atom stereocenters. The van der Waals surface area contributed by atoms with Crippen LogP contribution in [0.3, 0.4) is 0 Å². The molecule has 1 heterocycles. The molecule has 0 saturated heterocycles. The van der Waals surface area contributed by atoms with Crippen molar-refractivity contribution < 1.29 is 5.11 Å². The maximum Gasteiger partial charge on any atom is 0.108 e. The van der Waals surface area contributed by atoms with Gasteiger partial charge in [-0.3, -0.25) is 0 Å². The number of hydrogen-bond donors (Lipinski definition) is 2. The number of imidazole rings is 1. The zero-order valence-corrected chi connectivity index (χ0v) is 11.1. The summed E-state index contributed by atoms with van der Waals surface area (Å²) in [6, 6.07) is 18.7. The molecule has 1 aromatic heterocycles. The van der Waals surface area contributed by atoms with Crippen molar-refractivity contribution in [1.29, 1.82) is 0 Å². The van der Waals surface area contributed by atoms with Crippen molar-refractivity contribution in [1.82, 2.24) is 9.97 Å². The molecule has 2 aromatic carbocycles. The molecule has 3 aromatic rings. The van der Waals surface area contributed by atoms with E-state index < -0.39 is 0 Å². The molecule has 3 nitrogen and oxygen atoms in total. The first-order valence-corrected chi connectivity index (χ1v) is 6.67. The molecule has 0 saturated carbocycles. The molecule has 0 aliphatic carbocycles. The molecule has 3 rings (SSSR count). The van der Waals surface area contributed by atoms with E-state index in [-0.39, 0.29) is 6.61 Å². The van der Waals surface area contributed by atoms with Gasteiger partial charge in [0.25, 0.3) is 0 Å². The Kier molecular flexibility index (Phi) is 3.61. The second kappa shape index (κ2) is 5.72. The van der Waals surface area contributed by atoms with Gasteiger partial charge in [-0.25, -0.2) is 4.98 Å². The Morgan fingerprint density at radius 2 is 1.50 bits per heavy atom. The van der Waals surface area contributed by atoms with Gasteiger partial charge in [0, 0.05) is 6.42 Å². The molecule has 0 radical (unpaired) electrons. The molecule has 0 spiro atoms. The van der Waals surface area contributed by atoms with Crippen molar-refractivity contribution in [3.8, 4) is 22.4 Å². The average Bonchev–Trinajstić information content (AvgIpc) is 2.97. The van der Waals surface area contributed by atoms with Crippen LogP contribution in [0.25, 0.3) is 22.4 Å². The van der Waals surface area contributed by atoms with Gasteiger partial charge < -0.3 is 10.1 Å². The largest absolute Gasteiger partial charge is 0.396 e. The third-order valence-corrected chi connectivity index (χ3v) is 3.28. The molecule has 100 valence electrons. The third-order valence-electron chi connectivity index (χ3n) is 3.28. The van der Waals surface area contributed by atoms with Crippen LogP contribution in [0.1, 0.15) is 5.82 Å². The van der Waals surface area contributed by atoms with E-state index >= 15 is 0 Å². The van der Waals surface area contributed by atoms with E-state index in [1.54, 1.807) is 0 Å². The molecular weight excluding hydrogens is 248 g/mol. The number of hydrogen-bond acceptors (Lipinski definition) is 2. The lowest BCUT2D eigenvalue weighted by molar-refractivity contribution is 0.297. The lowest BCUT2D eigenvalue weighted by Gasteiger charge is -2.03. The van der Waals surface area contributed by atoms with E-state index in [0.717, 1.165) is 17.1 Å². The van der Waals surface area contributed by atoms with E-state index in [4.69, 9.17) is 5.11 Å². The van der Waals surface area contributed by atoms with Gasteiger partial charge in [0.05, 0.1) is 18.5 Å². The molecule has 0 atom stereocenters. The topological polar surface area (TPSA) is 48.9 Å². The van der Waals surface area contributed by atoms with Gasteiger partial charge >= 0.3 is 0 Å². The number of aromatic amines is 1. The van der Waals surface area contributed by atoms with Crippen molar-refractivity contribution in [2.45, 2.75) is 6.42 Å². The van der Waals surface area contributed by atoms with Gasteiger partial charge in [0.2, 0.25) is 0 Å². The van der Waals surface area contributed by atoms with Crippen LogP contribution >= 0.6 is 0 Å². The van der Waals surface area contributed by atoms with E-state index in [1.165, 1.54) is 11.1 Å². The fourth-order valence-electron chi connectivity index (χ4n) is 2.21. The van der Waals surface area contributed by atoms with Crippen LogP contribution in [0.5, 0.6) is 0 Å². The zero-order valence-electron chi connectivity index (χ0n) is 11.1. The second-order valence-corrected chi connectivity index (χ2v) is 4.66. The summed E-state index contributed by atoms with van der Waals surface area (Å²) in [6.07, 6.45) is 2.37. The van der Waals surface area contributed by atoms with Gasteiger partial charge in [0.15, 0.2) is 0 Å². The first-order valence-electron chi connectivity index (χ1n) is 6.67. The van der Waals surface area contributed by atoms with E-state index in [1.807, 2.05) is 24.4 Å². The lowest BCUT2D eigenvalue weighted by Crippen LogP contribution is -1.92. The number of aliphatic hydroxyl groups is 1. The number of aromatic nitrogens is 2. The Morgan fingerprint density at radius 3 is 2.20 bits per heavy atom. The second-order valence-electron chi connectivity index (χ2n) is 4.66. The third kappa shape index (κ3) is 2.63. The van der Waals surface area contributed by atoms with Crippen molar-refractivity contribution in [3.05, 3.63) is 66.6 Å². The van der Waals surface area contributed by atoms with E-state index in [2.05, 4.69) is 46.4 Å². The first kappa shape index (κ1) is 12.6. The summed E-state index contributed by atoms with van der Waals surface area (Å²) in [4.78, 5) is 7.47. The SMILES string of the molecule is OCCc1ncc(-c2ccc(-c3ccccc3)cc2)[nH]1. The van der Waals surface area contributed by atoms with Crippen LogP contribution in [-0.4, -0.2) is 21.7 Å². The zero-order chi connectivity index (χ0) is 13.8. The molecule has 0 aliphatic rings. The van der Waals surface area contributed by atoms with Crippen molar-refractivity contribution in [2.75, 3.05) is 6.61 Å². The normalized spacial score (nSPS) is 10.7. The summed E-state index contributed by atoms with van der Waals surface area (Å²) in [5, 5.41) is 8.90. The van der Waals surface area contributed by atoms with Crippen molar-refractivity contribution in [2.24, 2.45) is 0 Å². The molecule has 0 fully saturated rings. The Hall–Kier alpha value is -2.39. The Labute approximate surface area is 117 Å². The smallest absolute Gasteiger partial charge is 0.108 e. The minimum absolute atomic E-state index is 0.111. The van der Waals surface area contributed by atoms with Crippen molar-refractivity contribution in [3.63, 3.8) is 0 Å². The number of H-pyrrole nitrogens is 1. The molecule has 3 heteroatoms. The fraction of sp³-hybridized carbons (Fsp3) is 0.118. The first-order chi connectivity index (χ1) is 9.86.